The summed E-state index contributed by atoms with van der Waals surface area (Å²) in [5, 5.41) is 9.94. The van der Waals surface area contributed by atoms with E-state index in [1.807, 2.05) is 32.9 Å². The van der Waals surface area contributed by atoms with Gasteiger partial charge in [0.25, 0.3) is 5.56 Å². The second-order valence-corrected chi connectivity index (χ2v) is 11.8. The molecule has 3 heterocycles. The zero-order valence-electron chi connectivity index (χ0n) is 23.2. The molecule has 1 aromatic carbocycles. The molecule has 0 spiro atoms. The van der Waals surface area contributed by atoms with Crippen molar-refractivity contribution in [2.24, 2.45) is 0 Å². The number of alkyl carbamates (subject to hydrolysis) is 1. The van der Waals surface area contributed by atoms with E-state index in [2.05, 4.69) is 20.7 Å². The topological polar surface area (TPSA) is 117 Å². The standard InChI is InChI=1S/C29H33ClFN5O5/c1-27(2,3)41-26(38)35-29(12-13-29)19-5-8-21(9-6-19)40-23-10-7-20(15-32-23)36-25(37)24(30)22(16-34-36)33-17-28(31)11-4-14-39-18-28/h5-10,15-16,33H,4,11-14,17-18H2,1-3H3,(H,35,38)/t28-/m1/s1. The van der Waals surface area contributed by atoms with Gasteiger partial charge in [0.2, 0.25) is 5.88 Å². The molecule has 1 saturated heterocycles. The maximum absolute atomic E-state index is 14.8. The number of halogens is 2. The van der Waals surface area contributed by atoms with Gasteiger partial charge in [0.05, 0.1) is 42.5 Å². The summed E-state index contributed by atoms with van der Waals surface area (Å²) in [5.41, 5.74) is -1.48. The molecule has 2 aliphatic rings. The van der Waals surface area contributed by atoms with E-state index in [-0.39, 0.29) is 23.9 Å². The number of rotatable bonds is 8. The molecule has 3 aromatic rings. The van der Waals surface area contributed by atoms with Crippen molar-refractivity contribution in [2.45, 2.75) is 63.3 Å². The number of anilines is 1. The number of amides is 1. The van der Waals surface area contributed by atoms with E-state index in [1.54, 1.807) is 24.3 Å². The molecule has 1 aliphatic heterocycles. The third kappa shape index (κ3) is 6.97. The number of aromatic nitrogens is 3. The number of benzene rings is 1. The SMILES string of the molecule is CC(C)(C)OC(=O)NC1(c2ccc(Oc3ccc(-n4ncc(NC[C@]5(F)CCCOC5)c(Cl)c4=O)cn3)cc2)CC1. The zero-order chi connectivity index (χ0) is 29.3. The molecular formula is C29H33ClFN5O5. The number of nitrogens with one attached hydrogen (secondary N) is 2. The molecule has 2 N–H and O–H groups in total. The van der Waals surface area contributed by atoms with Crippen LogP contribution in [0.5, 0.6) is 11.6 Å². The van der Waals surface area contributed by atoms with Crippen LogP contribution in [0.4, 0.5) is 14.9 Å². The third-order valence-corrected chi connectivity index (χ3v) is 7.24. The predicted molar refractivity (Wildman–Crippen MR) is 152 cm³/mol. The number of alkyl halides is 1. The molecule has 1 atom stereocenters. The number of pyridine rings is 1. The van der Waals surface area contributed by atoms with E-state index < -0.39 is 28.5 Å². The van der Waals surface area contributed by atoms with Crippen molar-refractivity contribution < 1.29 is 23.4 Å². The Hall–Kier alpha value is -3.70. The summed E-state index contributed by atoms with van der Waals surface area (Å²) in [5.74, 6) is 0.875. The highest BCUT2D eigenvalue weighted by Crippen LogP contribution is 2.46. The largest absolute Gasteiger partial charge is 0.444 e. The van der Waals surface area contributed by atoms with Gasteiger partial charge in [0.15, 0.2) is 5.67 Å². The number of hydrogen-bond acceptors (Lipinski definition) is 8. The zero-order valence-corrected chi connectivity index (χ0v) is 24.0. The first-order valence-electron chi connectivity index (χ1n) is 13.5. The van der Waals surface area contributed by atoms with Crippen LogP contribution in [0.3, 0.4) is 0 Å². The van der Waals surface area contributed by atoms with Gasteiger partial charge in [-0.25, -0.2) is 14.2 Å². The number of carbonyl (C=O) groups excluding carboxylic acids is 1. The van der Waals surface area contributed by atoms with Gasteiger partial charge in [-0.05, 0) is 70.2 Å². The number of carbonyl (C=O) groups is 1. The highest BCUT2D eigenvalue weighted by atomic mass is 35.5. The van der Waals surface area contributed by atoms with Crippen molar-refractivity contribution in [2.75, 3.05) is 25.1 Å². The molecule has 1 aliphatic carbocycles. The first-order chi connectivity index (χ1) is 19.5. The number of hydrogen-bond donors (Lipinski definition) is 2. The average Bonchev–Trinajstić information content (AvgIpc) is 3.70. The Morgan fingerprint density at radius 2 is 1.90 bits per heavy atom. The van der Waals surface area contributed by atoms with E-state index in [0.717, 1.165) is 23.1 Å². The molecule has 1 saturated carbocycles. The van der Waals surface area contributed by atoms with E-state index >= 15 is 0 Å². The summed E-state index contributed by atoms with van der Waals surface area (Å²) < 4.78 is 32.4. The van der Waals surface area contributed by atoms with Crippen molar-refractivity contribution in [3.8, 4) is 17.3 Å². The molecule has 218 valence electrons. The van der Waals surface area contributed by atoms with Crippen molar-refractivity contribution in [1.82, 2.24) is 20.1 Å². The molecule has 2 fully saturated rings. The molecule has 12 heteroatoms. The Bertz CT molecular complexity index is 1450. The quantitative estimate of drug-likeness (QED) is 0.355. The van der Waals surface area contributed by atoms with E-state index in [0.29, 0.717) is 36.8 Å². The van der Waals surface area contributed by atoms with E-state index in [4.69, 9.17) is 25.8 Å². The van der Waals surface area contributed by atoms with Gasteiger partial charge in [-0.15, -0.1) is 0 Å². The van der Waals surface area contributed by atoms with Gasteiger partial charge in [-0.1, -0.05) is 23.7 Å². The van der Waals surface area contributed by atoms with Crippen LogP contribution >= 0.6 is 11.6 Å². The van der Waals surface area contributed by atoms with Crippen molar-refractivity contribution in [1.29, 1.82) is 0 Å². The Morgan fingerprint density at radius 3 is 2.51 bits per heavy atom. The van der Waals surface area contributed by atoms with Crippen LogP contribution in [-0.2, 0) is 15.0 Å². The smallest absolute Gasteiger partial charge is 0.408 e. The number of ether oxygens (including phenoxy) is 3. The fourth-order valence-electron chi connectivity index (χ4n) is 4.58. The van der Waals surface area contributed by atoms with Crippen LogP contribution in [0.25, 0.3) is 5.69 Å². The maximum Gasteiger partial charge on any atom is 0.408 e. The monoisotopic (exact) mass is 585 g/mol. The highest BCUT2D eigenvalue weighted by molar-refractivity contribution is 6.32. The van der Waals surface area contributed by atoms with Crippen LogP contribution in [0, 0.1) is 0 Å². The molecule has 5 rings (SSSR count). The lowest BCUT2D eigenvalue weighted by molar-refractivity contribution is -0.0234. The van der Waals surface area contributed by atoms with Gasteiger partial charge in [0, 0.05) is 12.7 Å². The van der Waals surface area contributed by atoms with Gasteiger partial charge >= 0.3 is 6.09 Å². The molecule has 41 heavy (non-hydrogen) atoms. The van der Waals surface area contributed by atoms with Gasteiger partial charge in [-0.2, -0.15) is 9.78 Å². The summed E-state index contributed by atoms with van der Waals surface area (Å²) in [4.78, 5) is 29.4. The van der Waals surface area contributed by atoms with Crippen LogP contribution in [0.2, 0.25) is 5.02 Å². The molecule has 0 radical (unpaired) electrons. The lowest BCUT2D eigenvalue weighted by Crippen LogP contribution is -2.40. The summed E-state index contributed by atoms with van der Waals surface area (Å²) in [6, 6.07) is 10.7. The van der Waals surface area contributed by atoms with Crippen molar-refractivity contribution >= 4 is 23.4 Å². The Morgan fingerprint density at radius 1 is 1.15 bits per heavy atom. The minimum atomic E-state index is -1.52. The lowest BCUT2D eigenvalue weighted by atomic mass is 9.99. The van der Waals surface area contributed by atoms with Crippen LogP contribution in [-0.4, -0.2) is 51.9 Å². The number of nitrogens with zero attached hydrogens (tertiary/aromatic N) is 3. The third-order valence-electron chi connectivity index (χ3n) is 6.87. The minimum absolute atomic E-state index is 0.00156. The molecule has 0 bridgehead atoms. The minimum Gasteiger partial charge on any atom is -0.444 e. The van der Waals surface area contributed by atoms with Crippen molar-refractivity contribution in [3.05, 3.63) is 69.7 Å². The molecule has 10 nitrogen and oxygen atoms in total. The van der Waals surface area contributed by atoms with E-state index in [9.17, 15) is 14.0 Å². The maximum atomic E-state index is 14.8. The van der Waals surface area contributed by atoms with Gasteiger partial charge in [-0.3, -0.25) is 4.79 Å². The summed E-state index contributed by atoms with van der Waals surface area (Å²) in [7, 11) is 0. The molecule has 1 amide bonds. The summed E-state index contributed by atoms with van der Waals surface area (Å²) in [6.45, 7) is 5.99. The van der Waals surface area contributed by atoms with Crippen LogP contribution in [0.15, 0.2) is 53.6 Å². The first kappa shape index (κ1) is 28.8. The Balaban J connectivity index is 1.21. The summed E-state index contributed by atoms with van der Waals surface area (Å²) >= 11 is 6.29. The predicted octanol–water partition coefficient (Wildman–Crippen LogP) is 5.52. The van der Waals surface area contributed by atoms with Crippen LogP contribution < -0.4 is 20.9 Å². The summed E-state index contributed by atoms with van der Waals surface area (Å²) in [6.07, 6.45) is 5.05. The van der Waals surface area contributed by atoms with Gasteiger partial charge < -0.3 is 24.8 Å². The second kappa shape index (κ2) is 11.3. The van der Waals surface area contributed by atoms with Gasteiger partial charge in [0.1, 0.15) is 16.4 Å². The molecule has 0 unspecified atom stereocenters. The van der Waals surface area contributed by atoms with E-state index in [1.165, 1.54) is 12.4 Å². The fourth-order valence-corrected chi connectivity index (χ4v) is 4.78. The average molecular weight is 586 g/mol. The highest BCUT2D eigenvalue weighted by Gasteiger charge is 2.46. The molecular weight excluding hydrogens is 553 g/mol. The van der Waals surface area contributed by atoms with Crippen molar-refractivity contribution in [3.63, 3.8) is 0 Å². The fraction of sp³-hybridized carbons (Fsp3) is 0.448. The normalized spacial score (nSPS) is 19.7. The van der Waals surface area contributed by atoms with Crippen LogP contribution in [0.1, 0.15) is 52.0 Å². The lowest BCUT2D eigenvalue weighted by Gasteiger charge is -2.29. The first-order valence-corrected chi connectivity index (χ1v) is 13.9. The second-order valence-electron chi connectivity index (χ2n) is 11.4. The Kier molecular flexibility index (Phi) is 7.93. The molecule has 2 aromatic heterocycles. The Labute approximate surface area is 242 Å².